The van der Waals surface area contributed by atoms with Crippen LogP contribution < -0.4 is 0 Å². The van der Waals surface area contributed by atoms with Crippen LogP contribution in [0.25, 0.3) is 0 Å². The van der Waals surface area contributed by atoms with Gasteiger partial charge in [-0.15, -0.1) is 0 Å². The van der Waals surface area contributed by atoms with Gasteiger partial charge in [0.05, 0.1) is 12.4 Å². The number of likely N-dealkylation sites (tertiary alicyclic amines) is 1. The van der Waals surface area contributed by atoms with Crippen molar-refractivity contribution in [2.75, 3.05) is 32.4 Å². The summed E-state index contributed by atoms with van der Waals surface area (Å²) in [5, 5.41) is 9.92. The maximum Gasteiger partial charge on any atom is 0.225 e. The fourth-order valence-corrected chi connectivity index (χ4v) is 4.98. The maximum absolute atomic E-state index is 12.6. The molecule has 0 aromatic rings. The summed E-state index contributed by atoms with van der Waals surface area (Å²) >= 11 is 0. The molecule has 2 heterocycles. The third-order valence-electron chi connectivity index (χ3n) is 5.40. The number of carbonyl (C=O) groups is 1. The predicted molar refractivity (Wildman–Crippen MR) is 77.9 cm³/mol. The fourth-order valence-electron chi connectivity index (χ4n) is 4.11. The molecule has 3 fully saturated rings. The number of carbonyl (C=O) groups excluding carboxylic acids is 1. The summed E-state index contributed by atoms with van der Waals surface area (Å²) in [5.41, 5.74) is 0. The van der Waals surface area contributed by atoms with Crippen molar-refractivity contribution in [3.63, 3.8) is 0 Å². The molecule has 2 aliphatic heterocycles. The molecule has 3 rings (SSSR count). The molecule has 7 heteroatoms. The van der Waals surface area contributed by atoms with Crippen molar-refractivity contribution < 1.29 is 18.3 Å². The van der Waals surface area contributed by atoms with E-state index in [9.17, 15) is 18.3 Å². The summed E-state index contributed by atoms with van der Waals surface area (Å²) in [5.74, 6) is 0.814. The van der Waals surface area contributed by atoms with E-state index >= 15 is 0 Å². The molecule has 0 spiro atoms. The molecule has 0 bridgehead atoms. The molecule has 1 N–H and O–H groups in total. The highest BCUT2D eigenvalue weighted by Crippen LogP contribution is 2.39. The standard InChI is InChI=1S/C14H24N2O4S/c1-21(19,20)16-6-4-10(5-7-16)14(18)15-8-11-2-3-13(17)12(11)9-15/h10-13,17H,2-9H2,1H3. The van der Waals surface area contributed by atoms with Gasteiger partial charge in [-0.25, -0.2) is 12.7 Å². The van der Waals surface area contributed by atoms with Gasteiger partial charge >= 0.3 is 0 Å². The Morgan fingerprint density at radius 2 is 1.76 bits per heavy atom. The zero-order chi connectivity index (χ0) is 15.2. The number of aliphatic hydroxyl groups is 1. The Bertz CT molecular complexity index is 513. The van der Waals surface area contributed by atoms with Crippen molar-refractivity contribution in [2.45, 2.75) is 31.8 Å². The largest absolute Gasteiger partial charge is 0.393 e. The third kappa shape index (κ3) is 2.96. The molecule has 0 aromatic heterocycles. The molecular formula is C14H24N2O4S. The SMILES string of the molecule is CS(=O)(=O)N1CCC(C(=O)N2CC3CCC(O)C3C2)CC1. The Kier molecular flexibility index (Phi) is 4.00. The maximum atomic E-state index is 12.6. The minimum Gasteiger partial charge on any atom is -0.393 e. The van der Waals surface area contributed by atoms with Crippen LogP contribution in [0, 0.1) is 17.8 Å². The molecule has 0 aromatic carbocycles. The van der Waals surface area contributed by atoms with E-state index in [0.717, 1.165) is 19.4 Å². The second kappa shape index (κ2) is 5.52. The van der Waals surface area contributed by atoms with E-state index < -0.39 is 10.0 Å². The minimum atomic E-state index is -3.14. The van der Waals surface area contributed by atoms with Crippen LogP contribution in [-0.2, 0) is 14.8 Å². The highest BCUT2D eigenvalue weighted by atomic mass is 32.2. The number of piperidine rings is 1. The summed E-state index contributed by atoms with van der Waals surface area (Å²) in [6.45, 7) is 2.33. The zero-order valence-electron chi connectivity index (χ0n) is 12.4. The summed E-state index contributed by atoms with van der Waals surface area (Å²) < 4.78 is 24.4. The van der Waals surface area contributed by atoms with Gasteiger partial charge in [0.15, 0.2) is 0 Å². The van der Waals surface area contributed by atoms with E-state index in [1.807, 2.05) is 4.90 Å². The number of rotatable bonds is 2. The topological polar surface area (TPSA) is 77.9 Å². The van der Waals surface area contributed by atoms with Gasteiger partial charge in [0, 0.05) is 38.0 Å². The summed E-state index contributed by atoms with van der Waals surface area (Å²) in [6.07, 6.45) is 4.07. The lowest BCUT2D eigenvalue weighted by atomic mass is 9.96. The Morgan fingerprint density at radius 1 is 1.10 bits per heavy atom. The molecule has 3 unspecified atom stereocenters. The molecular weight excluding hydrogens is 292 g/mol. The van der Waals surface area contributed by atoms with E-state index in [0.29, 0.717) is 38.4 Å². The van der Waals surface area contributed by atoms with Gasteiger partial charge in [-0.05, 0) is 31.6 Å². The fraction of sp³-hybridized carbons (Fsp3) is 0.929. The van der Waals surface area contributed by atoms with E-state index in [1.165, 1.54) is 10.6 Å². The number of hydrogen-bond donors (Lipinski definition) is 1. The van der Waals surface area contributed by atoms with Crippen LogP contribution in [0.15, 0.2) is 0 Å². The van der Waals surface area contributed by atoms with Gasteiger partial charge in [0.2, 0.25) is 15.9 Å². The van der Waals surface area contributed by atoms with Gasteiger partial charge in [0.1, 0.15) is 0 Å². The van der Waals surface area contributed by atoms with Crippen LogP contribution in [-0.4, -0.2) is 67.2 Å². The van der Waals surface area contributed by atoms with E-state index in [1.54, 1.807) is 0 Å². The average Bonchev–Trinajstić information content (AvgIpc) is 3.00. The number of hydrogen-bond acceptors (Lipinski definition) is 4. The average molecular weight is 316 g/mol. The first-order valence-corrected chi connectivity index (χ1v) is 9.63. The third-order valence-corrected chi connectivity index (χ3v) is 6.71. The molecule has 0 radical (unpaired) electrons. The monoisotopic (exact) mass is 316 g/mol. The van der Waals surface area contributed by atoms with Crippen molar-refractivity contribution in [2.24, 2.45) is 17.8 Å². The van der Waals surface area contributed by atoms with Crippen LogP contribution in [0.3, 0.4) is 0 Å². The lowest BCUT2D eigenvalue weighted by Gasteiger charge is -2.32. The lowest BCUT2D eigenvalue weighted by Crippen LogP contribution is -2.44. The molecule has 3 atom stereocenters. The van der Waals surface area contributed by atoms with Crippen molar-refractivity contribution in [1.29, 1.82) is 0 Å². The first-order valence-electron chi connectivity index (χ1n) is 7.78. The van der Waals surface area contributed by atoms with Crippen LogP contribution >= 0.6 is 0 Å². The first-order chi connectivity index (χ1) is 9.86. The Balaban J connectivity index is 1.56. The van der Waals surface area contributed by atoms with Crippen LogP contribution in [0.5, 0.6) is 0 Å². The zero-order valence-corrected chi connectivity index (χ0v) is 13.3. The second-order valence-electron chi connectivity index (χ2n) is 6.75. The van der Waals surface area contributed by atoms with E-state index in [-0.39, 0.29) is 23.8 Å². The number of fused-ring (bicyclic) bond motifs is 1. The molecule has 1 saturated carbocycles. The Hall–Kier alpha value is -0.660. The number of aliphatic hydroxyl groups excluding tert-OH is 1. The van der Waals surface area contributed by atoms with Crippen molar-refractivity contribution in [3.8, 4) is 0 Å². The van der Waals surface area contributed by atoms with Crippen molar-refractivity contribution in [1.82, 2.24) is 9.21 Å². The van der Waals surface area contributed by atoms with E-state index in [4.69, 9.17) is 0 Å². The Labute approximate surface area is 126 Å². The number of nitrogens with zero attached hydrogens (tertiary/aromatic N) is 2. The summed E-state index contributed by atoms with van der Waals surface area (Å²) in [6, 6.07) is 0. The predicted octanol–water partition coefficient (Wildman–Crippen LogP) is -0.113. The van der Waals surface area contributed by atoms with E-state index in [2.05, 4.69) is 0 Å². The molecule has 1 aliphatic carbocycles. The van der Waals surface area contributed by atoms with Gasteiger partial charge < -0.3 is 10.0 Å². The second-order valence-corrected chi connectivity index (χ2v) is 8.73. The minimum absolute atomic E-state index is 0.0565. The van der Waals surface area contributed by atoms with Gasteiger partial charge in [-0.3, -0.25) is 4.79 Å². The molecule has 21 heavy (non-hydrogen) atoms. The quantitative estimate of drug-likeness (QED) is 0.771. The Morgan fingerprint density at radius 3 is 2.33 bits per heavy atom. The molecule has 2 saturated heterocycles. The smallest absolute Gasteiger partial charge is 0.225 e. The number of amides is 1. The summed E-state index contributed by atoms with van der Waals surface area (Å²) in [4.78, 5) is 14.5. The molecule has 3 aliphatic rings. The van der Waals surface area contributed by atoms with Crippen molar-refractivity contribution in [3.05, 3.63) is 0 Å². The van der Waals surface area contributed by atoms with Crippen LogP contribution in [0.1, 0.15) is 25.7 Å². The van der Waals surface area contributed by atoms with Crippen LogP contribution in [0.2, 0.25) is 0 Å². The molecule has 1 amide bonds. The highest BCUT2D eigenvalue weighted by Gasteiger charge is 2.44. The molecule has 120 valence electrons. The van der Waals surface area contributed by atoms with Gasteiger partial charge in [-0.2, -0.15) is 0 Å². The van der Waals surface area contributed by atoms with Crippen molar-refractivity contribution >= 4 is 15.9 Å². The van der Waals surface area contributed by atoms with Gasteiger partial charge in [0.25, 0.3) is 0 Å². The highest BCUT2D eigenvalue weighted by molar-refractivity contribution is 7.88. The number of sulfonamides is 1. The normalized spacial score (nSPS) is 35.1. The summed E-state index contributed by atoms with van der Waals surface area (Å²) in [7, 11) is -3.14. The first kappa shape index (κ1) is 15.2. The van der Waals surface area contributed by atoms with Crippen LogP contribution in [0.4, 0.5) is 0 Å². The molecule has 6 nitrogen and oxygen atoms in total. The lowest BCUT2D eigenvalue weighted by molar-refractivity contribution is -0.136. The van der Waals surface area contributed by atoms with Gasteiger partial charge in [-0.1, -0.05) is 0 Å².